The van der Waals surface area contributed by atoms with Crippen LogP contribution in [0.4, 0.5) is 16.2 Å². The third-order valence-electron chi connectivity index (χ3n) is 4.42. The van der Waals surface area contributed by atoms with Gasteiger partial charge in [-0.1, -0.05) is 18.2 Å². The van der Waals surface area contributed by atoms with Gasteiger partial charge in [0, 0.05) is 5.56 Å². The van der Waals surface area contributed by atoms with Crippen LogP contribution in [0, 0.1) is 0 Å². The molecular formula is C22H19N4O3. The molecule has 0 N–H and O–H groups in total. The number of carbonyl (C=O) groups excluding carboxylic acids is 1. The van der Waals surface area contributed by atoms with E-state index in [1.807, 2.05) is 54.6 Å². The molecule has 0 bridgehead atoms. The van der Waals surface area contributed by atoms with Crippen molar-refractivity contribution in [2.75, 3.05) is 24.2 Å². The molecule has 7 heteroatoms. The molecule has 0 aliphatic carbocycles. The van der Waals surface area contributed by atoms with E-state index in [9.17, 15) is 4.79 Å². The summed E-state index contributed by atoms with van der Waals surface area (Å²) in [6.07, 6.45) is 0. The van der Waals surface area contributed by atoms with Gasteiger partial charge in [-0.05, 0) is 60.7 Å². The Balaban J connectivity index is 1.75. The van der Waals surface area contributed by atoms with Crippen LogP contribution in [0.15, 0.2) is 84.0 Å². The van der Waals surface area contributed by atoms with Gasteiger partial charge in [-0.2, -0.15) is 10.0 Å². The van der Waals surface area contributed by atoms with E-state index in [0.717, 1.165) is 11.3 Å². The van der Waals surface area contributed by atoms with E-state index in [-0.39, 0.29) is 6.03 Å². The lowest BCUT2D eigenvalue weighted by Crippen LogP contribution is -2.52. The average Bonchev–Trinajstić information content (AvgIpc) is 2.80. The van der Waals surface area contributed by atoms with Crippen molar-refractivity contribution in [1.29, 1.82) is 0 Å². The first kappa shape index (κ1) is 18.4. The van der Waals surface area contributed by atoms with Crippen LogP contribution < -0.4 is 24.9 Å². The van der Waals surface area contributed by atoms with E-state index < -0.39 is 0 Å². The summed E-state index contributed by atoms with van der Waals surface area (Å²) in [6, 6.07) is 23.4. The second kappa shape index (κ2) is 7.93. The fourth-order valence-electron chi connectivity index (χ4n) is 2.87. The van der Waals surface area contributed by atoms with Gasteiger partial charge in [-0.25, -0.2) is 4.79 Å². The zero-order chi connectivity index (χ0) is 20.2. The topological polar surface area (TPSA) is 68.5 Å². The Hall–Kier alpha value is -4.00. The molecule has 0 spiro atoms. The molecule has 0 saturated carbocycles. The molecule has 1 heterocycles. The van der Waals surface area contributed by atoms with Crippen LogP contribution in [-0.4, -0.2) is 26.1 Å². The second-order valence-electron chi connectivity index (χ2n) is 6.19. The van der Waals surface area contributed by atoms with Crippen molar-refractivity contribution >= 4 is 23.2 Å². The zero-order valence-corrected chi connectivity index (χ0v) is 16.0. The highest BCUT2D eigenvalue weighted by molar-refractivity contribution is 6.12. The number of nitrogens with zero attached hydrogens (tertiary/aromatic N) is 4. The molecule has 3 aromatic carbocycles. The van der Waals surface area contributed by atoms with Crippen molar-refractivity contribution in [3.63, 3.8) is 0 Å². The van der Waals surface area contributed by atoms with Gasteiger partial charge in [0.05, 0.1) is 25.6 Å². The molecule has 145 valence electrons. The number of rotatable bonds is 5. The molecule has 1 aliphatic heterocycles. The van der Waals surface area contributed by atoms with Crippen molar-refractivity contribution in [3.8, 4) is 11.5 Å². The fourth-order valence-corrected chi connectivity index (χ4v) is 2.87. The predicted molar refractivity (Wildman–Crippen MR) is 111 cm³/mol. The van der Waals surface area contributed by atoms with Crippen molar-refractivity contribution < 1.29 is 14.3 Å². The van der Waals surface area contributed by atoms with Gasteiger partial charge < -0.3 is 9.47 Å². The summed E-state index contributed by atoms with van der Waals surface area (Å²) in [6.45, 7) is 0. The Kier molecular flexibility index (Phi) is 5.03. The Morgan fingerprint density at radius 2 is 1.24 bits per heavy atom. The van der Waals surface area contributed by atoms with E-state index >= 15 is 0 Å². The maximum Gasteiger partial charge on any atom is 0.370 e. The number of ether oxygens (including phenoxy) is 2. The summed E-state index contributed by atoms with van der Waals surface area (Å²) >= 11 is 0. The molecule has 0 aromatic heterocycles. The average molecular weight is 387 g/mol. The minimum atomic E-state index is -0.376. The lowest BCUT2D eigenvalue weighted by atomic mass is 10.2. The number of hydrogen-bond acceptors (Lipinski definition) is 4. The van der Waals surface area contributed by atoms with Gasteiger partial charge in [0.2, 0.25) is 0 Å². The van der Waals surface area contributed by atoms with E-state index in [0.29, 0.717) is 23.0 Å². The summed E-state index contributed by atoms with van der Waals surface area (Å²) in [4.78, 5) is 13.2. The number of amides is 2. The van der Waals surface area contributed by atoms with Crippen LogP contribution in [0.3, 0.4) is 0 Å². The van der Waals surface area contributed by atoms with Gasteiger partial charge >= 0.3 is 6.03 Å². The van der Waals surface area contributed by atoms with Crippen molar-refractivity contribution in [2.24, 2.45) is 5.10 Å². The van der Waals surface area contributed by atoms with E-state index in [1.165, 1.54) is 10.0 Å². The minimum absolute atomic E-state index is 0.376. The molecule has 1 radical (unpaired) electrons. The Labute approximate surface area is 168 Å². The monoisotopic (exact) mass is 387 g/mol. The number of carbonyl (C=O) groups is 1. The molecule has 2 amide bonds. The first-order chi connectivity index (χ1) is 14.2. The second-order valence-corrected chi connectivity index (χ2v) is 6.19. The van der Waals surface area contributed by atoms with Crippen molar-refractivity contribution in [3.05, 3.63) is 84.4 Å². The molecule has 3 aromatic rings. The Morgan fingerprint density at radius 3 is 1.83 bits per heavy atom. The standard InChI is InChI=1S/C22H19N4O3/c1-28-19-12-8-16(9-13-19)21-23-25(17-6-4-3-5-7-17)22(27)26(24-21)18-10-14-20(29-2)15-11-18/h3-15H,1-2H3. The molecule has 4 rings (SSSR count). The number of benzene rings is 3. The molecule has 1 aliphatic rings. The molecule has 29 heavy (non-hydrogen) atoms. The normalized spacial score (nSPS) is 13.6. The molecule has 0 saturated heterocycles. The van der Waals surface area contributed by atoms with Crippen molar-refractivity contribution in [1.82, 2.24) is 5.43 Å². The maximum absolute atomic E-state index is 13.2. The lowest BCUT2D eigenvalue weighted by Gasteiger charge is -2.31. The third-order valence-corrected chi connectivity index (χ3v) is 4.42. The number of methoxy groups -OCH3 is 2. The largest absolute Gasteiger partial charge is 0.497 e. The van der Waals surface area contributed by atoms with Crippen molar-refractivity contribution in [2.45, 2.75) is 0 Å². The summed E-state index contributed by atoms with van der Waals surface area (Å²) < 4.78 is 10.4. The number of para-hydroxylation sites is 1. The quantitative estimate of drug-likeness (QED) is 0.664. The van der Waals surface area contributed by atoms with Gasteiger partial charge in [-0.15, -0.1) is 10.5 Å². The van der Waals surface area contributed by atoms with Crippen LogP contribution in [0.2, 0.25) is 0 Å². The molecule has 0 atom stereocenters. The Bertz CT molecular complexity index is 1020. The molecule has 7 nitrogen and oxygen atoms in total. The summed E-state index contributed by atoms with van der Waals surface area (Å²) in [5.74, 6) is 1.84. The summed E-state index contributed by atoms with van der Waals surface area (Å²) in [5.41, 5.74) is 6.52. The van der Waals surface area contributed by atoms with E-state index in [1.54, 1.807) is 38.5 Å². The maximum atomic E-state index is 13.2. The van der Waals surface area contributed by atoms with E-state index in [2.05, 4.69) is 10.5 Å². The highest BCUT2D eigenvalue weighted by atomic mass is 16.5. The number of urea groups is 1. The van der Waals surface area contributed by atoms with Gasteiger partial charge in [0.25, 0.3) is 0 Å². The SMILES string of the molecule is COc1ccc(C2=NN(c3ccccc3)C(=O)N(c3ccc(OC)cc3)[N]2)cc1. The number of hydrazone groups is 1. The number of anilines is 2. The minimum Gasteiger partial charge on any atom is -0.497 e. The zero-order valence-electron chi connectivity index (χ0n) is 16.0. The first-order valence-electron chi connectivity index (χ1n) is 8.97. The molecule has 0 fully saturated rings. The van der Waals surface area contributed by atoms with Crippen LogP contribution in [-0.2, 0) is 0 Å². The predicted octanol–water partition coefficient (Wildman–Crippen LogP) is 4.03. The van der Waals surface area contributed by atoms with Crippen LogP contribution in [0.1, 0.15) is 5.56 Å². The van der Waals surface area contributed by atoms with Gasteiger partial charge in [0.15, 0.2) is 5.84 Å². The van der Waals surface area contributed by atoms with E-state index in [4.69, 9.17) is 9.47 Å². The summed E-state index contributed by atoms with van der Waals surface area (Å²) in [7, 11) is 3.20. The Morgan fingerprint density at radius 1 is 0.690 bits per heavy atom. The highest BCUT2D eigenvalue weighted by Gasteiger charge is 2.32. The van der Waals surface area contributed by atoms with Crippen LogP contribution in [0.25, 0.3) is 0 Å². The molecular weight excluding hydrogens is 368 g/mol. The van der Waals surface area contributed by atoms with Crippen LogP contribution >= 0.6 is 0 Å². The molecule has 0 unspecified atom stereocenters. The number of hydrogen-bond donors (Lipinski definition) is 0. The summed E-state index contributed by atoms with van der Waals surface area (Å²) in [5, 5.41) is 7.17. The highest BCUT2D eigenvalue weighted by Crippen LogP contribution is 2.26. The van der Waals surface area contributed by atoms with Crippen LogP contribution in [0.5, 0.6) is 11.5 Å². The van der Waals surface area contributed by atoms with Gasteiger partial charge in [0.1, 0.15) is 11.5 Å². The smallest absolute Gasteiger partial charge is 0.370 e. The van der Waals surface area contributed by atoms with Gasteiger partial charge in [-0.3, -0.25) is 0 Å². The third kappa shape index (κ3) is 3.70. The lowest BCUT2D eigenvalue weighted by molar-refractivity contribution is 0.249. The first-order valence-corrected chi connectivity index (χ1v) is 8.97. The fraction of sp³-hybridized carbons (Fsp3) is 0.0909. The number of amidine groups is 1.